The molecule has 0 radical (unpaired) electrons. The number of rotatable bonds is 6. The molecule has 0 aliphatic heterocycles. The molecule has 0 saturated heterocycles. The molecule has 108 valence electrons. The van der Waals surface area contributed by atoms with Crippen LogP contribution in [0, 0.1) is 5.82 Å². The lowest BCUT2D eigenvalue weighted by atomic mass is 10.2. The van der Waals surface area contributed by atoms with Gasteiger partial charge in [-0.3, -0.25) is 9.78 Å². The van der Waals surface area contributed by atoms with E-state index in [0.29, 0.717) is 17.7 Å². The van der Waals surface area contributed by atoms with Crippen LogP contribution >= 0.6 is 0 Å². The summed E-state index contributed by atoms with van der Waals surface area (Å²) < 4.78 is 13.5. The van der Waals surface area contributed by atoms with Crippen LogP contribution in [0.4, 0.5) is 10.1 Å². The summed E-state index contributed by atoms with van der Waals surface area (Å²) in [5, 5.41) is 5.72. The van der Waals surface area contributed by atoms with Crippen LogP contribution in [-0.4, -0.2) is 17.4 Å². The number of carbonyl (C=O) groups excluding carboxylic acids is 1. The highest BCUT2D eigenvalue weighted by atomic mass is 19.1. The third-order valence-electron chi connectivity index (χ3n) is 2.85. The fourth-order valence-electron chi connectivity index (χ4n) is 1.77. The third-order valence-corrected chi connectivity index (χ3v) is 2.85. The summed E-state index contributed by atoms with van der Waals surface area (Å²) in [6, 6.07) is 8.03. The van der Waals surface area contributed by atoms with Gasteiger partial charge in [0.05, 0.1) is 11.3 Å². The van der Waals surface area contributed by atoms with Crippen molar-refractivity contribution in [3.05, 3.63) is 72.3 Å². The monoisotopic (exact) mass is 285 g/mol. The van der Waals surface area contributed by atoms with Crippen molar-refractivity contribution in [2.45, 2.75) is 6.54 Å². The topological polar surface area (TPSA) is 54.0 Å². The van der Waals surface area contributed by atoms with E-state index in [4.69, 9.17) is 0 Å². The molecule has 0 spiro atoms. The minimum Gasteiger partial charge on any atom is -0.380 e. The Balaban J connectivity index is 2.00. The van der Waals surface area contributed by atoms with Crippen LogP contribution in [0.2, 0.25) is 0 Å². The first-order chi connectivity index (χ1) is 10.2. The number of benzene rings is 1. The van der Waals surface area contributed by atoms with Gasteiger partial charge in [0.25, 0.3) is 5.91 Å². The first kappa shape index (κ1) is 14.7. The molecule has 0 bridgehead atoms. The Bertz CT molecular complexity index is 643. The predicted octanol–water partition coefficient (Wildman–Crippen LogP) is 2.75. The second-order valence-corrected chi connectivity index (χ2v) is 4.41. The maximum Gasteiger partial charge on any atom is 0.253 e. The Morgan fingerprint density at radius 1 is 1.33 bits per heavy atom. The van der Waals surface area contributed by atoms with Crippen LogP contribution in [0.3, 0.4) is 0 Å². The van der Waals surface area contributed by atoms with Gasteiger partial charge in [-0.15, -0.1) is 6.58 Å². The number of halogens is 1. The van der Waals surface area contributed by atoms with Crippen molar-refractivity contribution >= 4 is 11.6 Å². The molecule has 0 aliphatic carbocycles. The molecule has 0 aliphatic rings. The van der Waals surface area contributed by atoms with E-state index in [1.54, 1.807) is 36.5 Å². The molecule has 2 rings (SSSR count). The normalized spacial score (nSPS) is 9.95. The maximum absolute atomic E-state index is 13.5. The molecule has 2 aromatic rings. The van der Waals surface area contributed by atoms with Crippen molar-refractivity contribution in [3.8, 4) is 0 Å². The molecular weight excluding hydrogens is 269 g/mol. The highest BCUT2D eigenvalue weighted by Gasteiger charge is 2.08. The van der Waals surface area contributed by atoms with E-state index in [1.165, 1.54) is 12.3 Å². The lowest BCUT2D eigenvalue weighted by molar-refractivity contribution is 0.0950. The molecular formula is C16H16FN3O. The Morgan fingerprint density at radius 2 is 2.14 bits per heavy atom. The molecule has 21 heavy (non-hydrogen) atoms. The van der Waals surface area contributed by atoms with Gasteiger partial charge in [-0.1, -0.05) is 24.3 Å². The van der Waals surface area contributed by atoms with Gasteiger partial charge in [-0.2, -0.15) is 0 Å². The fraction of sp³-hybridized carbons (Fsp3) is 0.125. The summed E-state index contributed by atoms with van der Waals surface area (Å²) in [5.41, 5.74) is 1.59. The summed E-state index contributed by atoms with van der Waals surface area (Å²) in [5.74, 6) is -0.634. The van der Waals surface area contributed by atoms with E-state index in [9.17, 15) is 9.18 Å². The van der Waals surface area contributed by atoms with Gasteiger partial charge in [0.1, 0.15) is 5.82 Å². The molecule has 2 N–H and O–H groups in total. The van der Waals surface area contributed by atoms with Gasteiger partial charge < -0.3 is 10.6 Å². The summed E-state index contributed by atoms with van der Waals surface area (Å²) in [4.78, 5) is 16.0. The molecule has 4 nitrogen and oxygen atoms in total. The average Bonchev–Trinajstić information content (AvgIpc) is 2.52. The Labute approximate surface area is 122 Å². The lowest BCUT2D eigenvalue weighted by Gasteiger charge is -2.08. The number of amides is 1. The second kappa shape index (κ2) is 7.19. The first-order valence-electron chi connectivity index (χ1n) is 6.52. The van der Waals surface area contributed by atoms with Crippen molar-refractivity contribution in [3.63, 3.8) is 0 Å². The summed E-state index contributed by atoms with van der Waals surface area (Å²) in [7, 11) is 0. The van der Waals surface area contributed by atoms with Gasteiger partial charge in [-0.25, -0.2) is 4.39 Å². The summed E-state index contributed by atoms with van der Waals surface area (Å²) in [6.07, 6.45) is 4.80. The molecule has 5 heteroatoms. The van der Waals surface area contributed by atoms with E-state index < -0.39 is 0 Å². The molecule has 1 aromatic carbocycles. The van der Waals surface area contributed by atoms with Gasteiger partial charge in [0.2, 0.25) is 0 Å². The van der Waals surface area contributed by atoms with Gasteiger partial charge >= 0.3 is 0 Å². The van der Waals surface area contributed by atoms with E-state index in [2.05, 4.69) is 22.2 Å². The number of carbonyl (C=O) groups is 1. The number of anilines is 1. The number of aromatic nitrogens is 1. The Kier molecular flexibility index (Phi) is 5.04. The van der Waals surface area contributed by atoms with Crippen molar-refractivity contribution in [2.24, 2.45) is 0 Å². The van der Waals surface area contributed by atoms with Gasteiger partial charge in [0, 0.05) is 31.0 Å². The maximum atomic E-state index is 13.5. The zero-order chi connectivity index (χ0) is 15.1. The van der Waals surface area contributed by atoms with Crippen LogP contribution < -0.4 is 10.6 Å². The SMILES string of the molecule is C=CCNc1cncc(C(=O)NCc2ccccc2F)c1. The van der Waals surface area contributed by atoms with Crippen LogP contribution in [0.1, 0.15) is 15.9 Å². The smallest absolute Gasteiger partial charge is 0.253 e. The van der Waals surface area contributed by atoms with Gasteiger partial charge in [0.15, 0.2) is 0 Å². The van der Waals surface area contributed by atoms with Crippen molar-refractivity contribution in [2.75, 3.05) is 11.9 Å². The third kappa shape index (κ3) is 4.14. The summed E-state index contributed by atoms with van der Waals surface area (Å²) >= 11 is 0. The highest BCUT2D eigenvalue weighted by molar-refractivity contribution is 5.94. The number of nitrogens with one attached hydrogen (secondary N) is 2. The van der Waals surface area contributed by atoms with E-state index in [0.717, 1.165) is 5.69 Å². The quantitative estimate of drug-likeness (QED) is 0.802. The highest BCUT2D eigenvalue weighted by Crippen LogP contribution is 2.09. The average molecular weight is 285 g/mol. The number of hydrogen-bond donors (Lipinski definition) is 2. The zero-order valence-electron chi connectivity index (χ0n) is 11.5. The van der Waals surface area contributed by atoms with E-state index >= 15 is 0 Å². The first-order valence-corrected chi connectivity index (χ1v) is 6.52. The standard InChI is InChI=1S/C16H16FN3O/c1-2-7-19-14-8-13(9-18-11-14)16(21)20-10-12-5-3-4-6-15(12)17/h2-6,8-9,11,19H,1,7,10H2,(H,20,21). The molecule has 1 aromatic heterocycles. The lowest BCUT2D eigenvalue weighted by Crippen LogP contribution is -2.23. The van der Waals surface area contributed by atoms with E-state index in [1.807, 2.05) is 0 Å². The number of pyridine rings is 1. The molecule has 0 fully saturated rings. The Morgan fingerprint density at radius 3 is 2.90 bits per heavy atom. The van der Waals surface area contributed by atoms with E-state index in [-0.39, 0.29) is 18.3 Å². The largest absolute Gasteiger partial charge is 0.380 e. The van der Waals surface area contributed by atoms with Gasteiger partial charge in [-0.05, 0) is 12.1 Å². The summed E-state index contributed by atoms with van der Waals surface area (Å²) in [6.45, 7) is 4.33. The van der Waals surface area contributed by atoms with Crippen molar-refractivity contribution in [1.82, 2.24) is 10.3 Å². The fourth-order valence-corrected chi connectivity index (χ4v) is 1.77. The van der Waals surface area contributed by atoms with Crippen LogP contribution in [-0.2, 0) is 6.54 Å². The predicted molar refractivity (Wildman–Crippen MR) is 80.5 cm³/mol. The van der Waals surface area contributed by atoms with Crippen molar-refractivity contribution < 1.29 is 9.18 Å². The Hall–Kier alpha value is -2.69. The minimum atomic E-state index is -0.336. The number of hydrogen-bond acceptors (Lipinski definition) is 3. The molecule has 1 heterocycles. The molecule has 0 unspecified atom stereocenters. The number of nitrogens with zero attached hydrogens (tertiary/aromatic N) is 1. The molecule has 0 saturated carbocycles. The molecule has 1 amide bonds. The molecule has 0 atom stereocenters. The van der Waals surface area contributed by atoms with Crippen LogP contribution in [0.15, 0.2) is 55.4 Å². The minimum absolute atomic E-state index is 0.135. The van der Waals surface area contributed by atoms with Crippen LogP contribution in [0.25, 0.3) is 0 Å². The second-order valence-electron chi connectivity index (χ2n) is 4.41. The zero-order valence-corrected chi connectivity index (χ0v) is 11.5. The van der Waals surface area contributed by atoms with Crippen LogP contribution in [0.5, 0.6) is 0 Å². The van der Waals surface area contributed by atoms with Crippen molar-refractivity contribution in [1.29, 1.82) is 0 Å².